The van der Waals surface area contributed by atoms with Gasteiger partial charge in [-0.3, -0.25) is 4.79 Å². The van der Waals surface area contributed by atoms with Crippen LogP contribution >= 0.6 is 0 Å². The molecule has 3 amide bonds. The first kappa shape index (κ1) is 34.1. The van der Waals surface area contributed by atoms with E-state index in [1.165, 1.54) is 4.90 Å². The van der Waals surface area contributed by atoms with E-state index in [1.807, 2.05) is 74.5 Å². The van der Waals surface area contributed by atoms with E-state index in [0.717, 1.165) is 60.2 Å². The number of ether oxygens (including phenoxy) is 3. The lowest BCUT2D eigenvalue weighted by atomic mass is 10.0. The molecule has 0 saturated carbocycles. The molecule has 0 unspecified atom stereocenters. The van der Waals surface area contributed by atoms with Gasteiger partial charge in [-0.2, -0.15) is 0 Å². The number of imide groups is 1. The zero-order chi connectivity index (χ0) is 33.1. The molecule has 0 spiro atoms. The summed E-state index contributed by atoms with van der Waals surface area (Å²) in [5.74, 6) is 6.21. The molecule has 2 aliphatic heterocycles. The lowest BCUT2D eigenvalue weighted by molar-refractivity contribution is -0.180. The molecule has 9 heteroatoms. The number of urea groups is 1. The monoisotopic (exact) mass is 639 g/mol. The van der Waals surface area contributed by atoms with Crippen LogP contribution in [-0.4, -0.2) is 60.6 Å². The van der Waals surface area contributed by atoms with E-state index in [-0.39, 0.29) is 18.5 Å². The fourth-order valence-electron chi connectivity index (χ4n) is 5.57. The summed E-state index contributed by atoms with van der Waals surface area (Å²) in [7, 11) is 0. The molecule has 2 heterocycles. The normalized spacial score (nSPS) is 16.0. The number of fused-ring (bicyclic) bond motifs is 1. The van der Waals surface area contributed by atoms with Crippen molar-refractivity contribution in [1.29, 1.82) is 0 Å². The largest absolute Gasteiger partial charge is 0.463 e. The highest BCUT2D eigenvalue weighted by atomic mass is 16.7. The summed E-state index contributed by atoms with van der Waals surface area (Å²) < 4.78 is 17.3. The van der Waals surface area contributed by atoms with Crippen molar-refractivity contribution in [2.45, 2.75) is 71.0 Å². The van der Waals surface area contributed by atoms with Gasteiger partial charge in [0.05, 0.1) is 25.0 Å². The van der Waals surface area contributed by atoms with Gasteiger partial charge in [-0.05, 0) is 60.8 Å². The number of rotatable bonds is 15. The molecule has 248 valence electrons. The van der Waals surface area contributed by atoms with Crippen LogP contribution in [0.15, 0.2) is 72.8 Å². The number of hydrogen-bond donors (Lipinski definition) is 2. The third kappa shape index (κ3) is 9.90. The summed E-state index contributed by atoms with van der Waals surface area (Å²) in [6.07, 6.45) is 4.24. The summed E-state index contributed by atoms with van der Waals surface area (Å²) in [6, 6.07) is 22.4. The van der Waals surface area contributed by atoms with Crippen molar-refractivity contribution in [3.63, 3.8) is 0 Å². The van der Waals surface area contributed by atoms with Crippen LogP contribution < -0.4 is 15.0 Å². The van der Waals surface area contributed by atoms with Gasteiger partial charge in [0.25, 0.3) is 5.91 Å². The maximum Gasteiger partial charge on any atom is 0.332 e. The van der Waals surface area contributed by atoms with Crippen molar-refractivity contribution >= 4 is 17.6 Å². The average Bonchev–Trinajstić information content (AvgIpc) is 3.34. The molecular formula is C38H45N3O6. The number of unbranched alkanes of at least 4 members (excludes halogenated alkanes) is 3. The number of anilines is 1. The number of nitrogens with one attached hydrogen (secondary N) is 1. The van der Waals surface area contributed by atoms with Crippen molar-refractivity contribution in [3.8, 4) is 17.6 Å². The number of carbonyl (C=O) groups is 2. The van der Waals surface area contributed by atoms with Crippen molar-refractivity contribution in [3.05, 3.63) is 95.1 Å². The topological polar surface area (TPSA) is 101 Å². The van der Waals surface area contributed by atoms with Gasteiger partial charge in [-0.1, -0.05) is 67.1 Å². The Morgan fingerprint density at radius 3 is 2.66 bits per heavy atom. The van der Waals surface area contributed by atoms with Crippen molar-refractivity contribution in [1.82, 2.24) is 10.2 Å². The lowest BCUT2D eigenvalue weighted by Gasteiger charge is -2.33. The average molecular weight is 640 g/mol. The van der Waals surface area contributed by atoms with E-state index in [4.69, 9.17) is 14.2 Å². The number of hydrogen-bond acceptors (Lipinski definition) is 7. The summed E-state index contributed by atoms with van der Waals surface area (Å²) in [5.41, 5.74) is 4.09. The van der Waals surface area contributed by atoms with Gasteiger partial charge < -0.3 is 29.5 Å². The molecular weight excluding hydrogens is 594 g/mol. The molecule has 9 nitrogen and oxygen atoms in total. The third-order valence-corrected chi connectivity index (χ3v) is 8.09. The van der Waals surface area contributed by atoms with Crippen LogP contribution in [-0.2, 0) is 27.4 Å². The Kier molecular flexibility index (Phi) is 12.0. The molecule has 1 saturated heterocycles. The zero-order valence-electron chi connectivity index (χ0n) is 27.4. The molecule has 5 rings (SSSR count). The molecule has 1 fully saturated rings. The summed E-state index contributed by atoms with van der Waals surface area (Å²) in [6.45, 7) is 7.33. The Labute approximate surface area is 277 Å². The molecule has 3 aromatic rings. The van der Waals surface area contributed by atoms with Crippen molar-refractivity contribution in [2.75, 3.05) is 37.7 Å². The first-order valence-electron chi connectivity index (χ1n) is 16.5. The molecule has 0 radical (unpaired) electrons. The first-order valence-corrected chi connectivity index (χ1v) is 16.5. The van der Waals surface area contributed by atoms with Crippen LogP contribution in [0.3, 0.4) is 0 Å². The van der Waals surface area contributed by atoms with Crippen LogP contribution in [0, 0.1) is 11.8 Å². The highest BCUT2D eigenvalue weighted by Crippen LogP contribution is 2.33. The molecule has 2 aliphatic rings. The molecule has 0 aromatic heterocycles. The van der Waals surface area contributed by atoms with Crippen LogP contribution in [0.2, 0.25) is 0 Å². The fourth-order valence-corrected chi connectivity index (χ4v) is 5.57. The van der Waals surface area contributed by atoms with E-state index in [1.54, 1.807) is 17.0 Å². The maximum absolute atomic E-state index is 13.0. The van der Waals surface area contributed by atoms with Crippen molar-refractivity contribution < 1.29 is 28.9 Å². The van der Waals surface area contributed by atoms with Gasteiger partial charge in [0.1, 0.15) is 12.3 Å². The van der Waals surface area contributed by atoms with Gasteiger partial charge in [0, 0.05) is 51.1 Å². The second kappa shape index (κ2) is 16.6. The third-order valence-electron chi connectivity index (χ3n) is 8.09. The number of amides is 3. The Balaban J connectivity index is 0.914. The second-order valence-electron chi connectivity index (χ2n) is 12.4. The molecule has 2 N–H and O–H groups in total. The number of carbonyl (C=O) groups excluding carboxylic acids is 2. The molecule has 1 atom stereocenters. The van der Waals surface area contributed by atoms with E-state index >= 15 is 0 Å². The number of nitrogens with zero attached hydrogens (tertiary/aromatic N) is 2. The Morgan fingerprint density at radius 1 is 0.979 bits per heavy atom. The van der Waals surface area contributed by atoms with Crippen molar-refractivity contribution in [2.24, 2.45) is 0 Å². The van der Waals surface area contributed by atoms with Gasteiger partial charge in [0.2, 0.25) is 5.79 Å². The standard InChI is InChI=1S/C38H45N3O6/c1-38(2)46-28-32-24-31(18-19-35(32)47-38)34(42)25-39-20-9-3-4-10-21-45-22-11-8-13-29-16-12-17-33(23-29)41-36(43)27-40(37(41)44)26-30-14-6-5-7-15-30/h5-7,12,14-19,23-24,34,39,42H,3-4,9-11,20-22,25-28H2,1-2H3/t34-/m1/s1. The smallest absolute Gasteiger partial charge is 0.332 e. The predicted octanol–water partition coefficient (Wildman–Crippen LogP) is 5.94. The minimum Gasteiger partial charge on any atom is -0.463 e. The fraction of sp³-hybridized carbons (Fsp3) is 0.421. The second-order valence-corrected chi connectivity index (χ2v) is 12.4. The minimum absolute atomic E-state index is 0.0600. The lowest BCUT2D eigenvalue weighted by Crippen LogP contribution is -2.35. The minimum atomic E-state index is -0.625. The quantitative estimate of drug-likeness (QED) is 0.121. The molecule has 0 aliphatic carbocycles. The van der Waals surface area contributed by atoms with E-state index < -0.39 is 11.9 Å². The van der Waals surface area contributed by atoms with Gasteiger partial charge in [-0.25, -0.2) is 9.69 Å². The molecule has 0 bridgehead atoms. The Morgan fingerprint density at radius 2 is 1.81 bits per heavy atom. The maximum atomic E-state index is 13.0. The zero-order valence-corrected chi connectivity index (χ0v) is 27.4. The van der Waals surface area contributed by atoms with Crippen LogP contribution in [0.5, 0.6) is 5.75 Å². The highest BCUT2D eigenvalue weighted by Gasteiger charge is 2.37. The van der Waals surface area contributed by atoms with Crippen LogP contribution in [0.1, 0.15) is 74.3 Å². The Bertz CT molecular complexity index is 1560. The van der Waals surface area contributed by atoms with Crippen LogP contribution in [0.4, 0.5) is 10.5 Å². The highest BCUT2D eigenvalue weighted by molar-refractivity contribution is 6.19. The number of aliphatic hydroxyl groups is 1. The van der Waals surface area contributed by atoms with Crippen LogP contribution in [0.25, 0.3) is 0 Å². The molecule has 47 heavy (non-hydrogen) atoms. The van der Waals surface area contributed by atoms with E-state index in [9.17, 15) is 14.7 Å². The summed E-state index contributed by atoms with van der Waals surface area (Å²) in [5, 5.41) is 13.9. The van der Waals surface area contributed by atoms with Gasteiger partial charge in [-0.15, -0.1) is 0 Å². The number of aliphatic hydroxyl groups excluding tert-OH is 1. The Hall–Kier alpha value is -4.20. The first-order chi connectivity index (χ1) is 22.8. The SMILES string of the molecule is CC1(C)OCc2cc([C@H](O)CNCCCCCCOCCC#Cc3cccc(N4C(=O)CN(Cc5ccccc5)C4=O)c3)ccc2O1. The summed E-state index contributed by atoms with van der Waals surface area (Å²) in [4.78, 5) is 28.5. The van der Waals surface area contributed by atoms with E-state index in [2.05, 4.69) is 17.2 Å². The van der Waals surface area contributed by atoms with E-state index in [0.29, 0.717) is 45.0 Å². The predicted molar refractivity (Wildman–Crippen MR) is 181 cm³/mol. The molecule has 3 aromatic carbocycles. The number of benzene rings is 3. The summed E-state index contributed by atoms with van der Waals surface area (Å²) >= 11 is 0. The van der Waals surface area contributed by atoms with Gasteiger partial charge in [0.15, 0.2) is 0 Å². The van der Waals surface area contributed by atoms with Gasteiger partial charge >= 0.3 is 6.03 Å².